The van der Waals surface area contributed by atoms with E-state index in [1.54, 1.807) is 0 Å². The van der Waals surface area contributed by atoms with Gasteiger partial charge in [-0.2, -0.15) is 5.26 Å². The van der Waals surface area contributed by atoms with Crippen LogP contribution in [0.4, 0.5) is 8.78 Å². The highest BCUT2D eigenvalue weighted by atomic mass is 19.1. The normalized spacial score (nSPS) is 31.1. The molecule has 2 unspecified atom stereocenters. The zero-order valence-corrected chi connectivity index (χ0v) is 5.09. The summed E-state index contributed by atoms with van der Waals surface area (Å²) in [4.78, 5) is 0. The molecular weight excluding hydrogens is 136 g/mol. The Bertz CT molecular complexity index is 224. The molecule has 0 bridgehead atoms. The van der Waals surface area contributed by atoms with E-state index in [0.717, 1.165) is 12.2 Å². The third-order valence-electron chi connectivity index (χ3n) is 1.31. The van der Waals surface area contributed by atoms with Gasteiger partial charge in [-0.25, -0.2) is 8.78 Å². The number of halogens is 2. The highest BCUT2D eigenvalue weighted by molar-refractivity contribution is 5.24. The van der Waals surface area contributed by atoms with Gasteiger partial charge in [-0.05, 0) is 12.2 Å². The first-order valence-electron chi connectivity index (χ1n) is 2.83. The monoisotopic (exact) mass is 141 g/mol. The molecule has 52 valence electrons. The maximum Gasteiger partial charge on any atom is 0.141 e. The molecule has 1 aliphatic rings. The zero-order valence-electron chi connectivity index (χ0n) is 5.09. The third kappa shape index (κ3) is 1.06. The minimum atomic E-state index is -1.49. The third-order valence-corrected chi connectivity index (χ3v) is 1.31. The average Bonchev–Trinajstić information content (AvgIpc) is 1.88. The Morgan fingerprint density at radius 3 is 2.70 bits per heavy atom. The summed E-state index contributed by atoms with van der Waals surface area (Å²) in [6.07, 6.45) is 2.05. The van der Waals surface area contributed by atoms with Crippen LogP contribution in [0.3, 0.4) is 0 Å². The molecule has 1 nitrogen and oxygen atoms in total. The Balaban J connectivity index is 2.84. The fourth-order valence-corrected chi connectivity index (χ4v) is 0.753. The topological polar surface area (TPSA) is 23.8 Å². The van der Waals surface area contributed by atoms with Crippen molar-refractivity contribution in [2.45, 2.75) is 6.17 Å². The van der Waals surface area contributed by atoms with Crippen molar-refractivity contribution in [3.8, 4) is 6.07 Å². The first-order valence-corrected chi connectivity index (χ1v) is 2.83. The fraction of sp³-hybridized carbons (Fsp3) is 0.286. The van der Waals surface area contributed by atoms with Crippen molar-refractivity contribution < 1.29 is 8.78 Å². The van der Waals surface area contributed by atoms with Crippen LogP contribution in [-0.4, -0.2) is 6.17 Å². The molecule has 10 heavy (non-hydrogen) atoms. The van der Waals surface area contributed by atoms with Crippen LogP contribution < -0.4 is 0 Å². The van der Waals surface area contributed by atoms with E-state index in [1.165, 1.54) is 12.1 Å². The molecule has 2 atom stereocenters. The predicted molar refractivity (Wildman–Crippen MR) is 32.3 cm³/mol. The van der Waals surface area contributed by atoms with Crippen molar-refractivity contribution in [2.24, 2.45) is 5.92 Å². The molecule has 0 aliphatic heterocycles. The van der Waals surface area contributed by atoms with E-state index >= 15 is 0 Å². The number of alkyl halides is 1. The molecule has 0 fully saturated rings. The van der Waals surface area contributed by atoms with Crippen molar-refractivity contribution in [3.63, 3.8) is 0 Å². The van der Waals surface area contributed by atoms with E-state index in [-0.39, 0.29) is 0 Å². The van der Waals surface area contributed by atoms with Gasteiger partial charge in [0.1, 0.15) is 17.9 Å². The van der Waals surface area contributed by atoms with E-state index in [4.69, 9.17) is 5.26 Å². The molecule has 0 aromatic carbocycles. The molecular formula is C7H5F2N. The lowest BCUT2D eigenvalue weighted by atomic mass is 9.99. The summed E-state index contributed by atoms with van der Waals surface area (Å²) in [6, 6.07) is 1.53. The summed E-state index contributed by atoms with van der Waals surface area (Å²) in [7, 11) is 0. The van der Waals surface area contributed by atoms with E-state index in [1.807, 2.05) is 0 Å². The Labute approximate surface area is 57.3 Å². The molecule has 0 radical (unpaired) electrons. The molecule has 0 saturated heterocycles. The number of hydrogen-bond donors (Lipinski definition) is 0. The molecule has 3 heteroatoms. The maximum atomic E-state index is 12.5. The molecule has 0 aromatic heterocycles. The highest BCUT2D eigenvalue weighted by Crippen LogP contribution is 2.23. The Kier molecular flexibility index (Phi) is 1.81. The van der Waals surface area contributed by atoms with Crippen LogP contribution in [0, 0.1) is 17.2 Å². The van der Waals surface area contributed by atoms with Gasteiger partial charge in [-0.3, -0.25) is 0 Å². The van der Waals surface area contributed by atoms with Crippen molar-refractivity contribution in [1.82, 2.24) is 0 Å². The van der Waals surface area contributed by atoms with E-state index in [0.29, 0.717) is 0 Å². The summed E-state index contributed by atoms with van der Waals surface area (Å²) in [5, 5.41) is 8.23. The Morgan fingerprint density at radius 1 is 1.60 bits per heavy atom. The minimum Gasteiger partial charge on any atom is -0.241 e. The molecule has 0 saturated carbocycles. The van der Waals surface area contributed by atoms with Crippen LogP contribution in [-0.2, 0) is 0 Å². The van der Waals surface area contributed by atoms with Gasteiger partial charge in [0.25, 0.3) is 0 Å². The molecule has 0 aromatic rings. The van der Waals surface area contributed by atoms with E-state index < -0.39 is 17.9 Å². The van der Waals surface area contributed by atoms with Gasteiger partial charge in [-0.1, -0.05) is 6.08 Å². The first-order chi connectivity index (χ1) is 4.75. The van der Waals surface area contributed by atoms with Crippen LogP contribution in [0.15, 0.2) is 24.1 Å². The van der Waals surface area contributed by atoms with Crippen LogP contribution in [0.5, 0.6) is 0 Å². The lowest BCUT2D eigenvalue weighted by molar-refractivity contribution is 0.318. The van der Waals surface area contributed by atoms with Gasteiger partial charge in [-0.15, -0.1) is 0 Å². The van der Waals surface area contributed by atoms with E-state index in [9.17, 15) is 8.78 Å². The highest BCUT2D eigenvalue weighted by Gasteiger charge is 2.24. The number of hydrogen-bond acceptors (Lipinski definition) is 1. The van der Waals surface area contributed by atoms with Crippen molar-refractivity contribution in [2.75, 3.05) is 0 Å². The van der Waals surface area contributed by atoms with Crippen molar-refractivity contribution in [1.29, 1.82) is 5.26 Å². The molecule has 1 aliphatic carbocycles. The minimum absolute atomic E-state index is 0.697. The van der Waals surface area contributed by atoms with Gasteiger partial charge >= 0.3 is 0 Å². The summed E-state index contributed by atoms with van der Waals surface area (Å²) >= 11 is 0. The number of nitrogens with zero attached hydrogens (tertiary/aromatic N) is 1. The zero-order chi connectivity index (χ0) is 7.56. The quantitative estimate of drug-likeness (QED) is 0.505. The maximum absolute atomic E-state index is 12.5. The Hall–Kier alpha value is -1.17. The standard InChI is InChI=1S/C7H5F2N/c8-6-2-1-3-7(9)5(6)4-10/h1-3,5-6H. The molecule has 0 N–H and O–H groups in total. The molecule has 0 amide bonds. The lowest BCUT2D eigenvalue weighted by Crippen LogP contribution is -2.14. The summed E-state index contributed by atoms with van der Waals surface area (Å²) < 4.78 is 25.0. The van der Waals surface area contributed by atoms with Gasteiger partial charge in [0.2, 0.25) is 0 Å². The largest absolute Gasteiger partial charge is 0.241 e. The lowest BCUT2D eigenvalue weighted by Gasteiger charge is -2.10. The van der Waals surface area contributed by atoms with Crippen LogP contribution >= 0.6 is 0 Å². The van der Waals surface area contributed by atoms with Crippen LogP contribution in [0.25, 0.3) is 0 Å². The average molecular weight is 141 g/mol. The second-order valence-electron chi connectivity index (χ2n) is 1.99. The second kappa shape index (κ2) is 2.61. The van der Waals surface area contributed by atoms with Gasteiger partial charge in [0.05, 0.1) is 6.07 Å². The smallest absolute Gasteiger partial charge is 0.141 e. The van der Waals surface area contributed by atoms with Gasteiger partial charge < -0.3 is 0 Å². The molecule has 1 rings (SSSR count). The number of nitriles is 1. The van der Waals surface area contributed by atoms with Gasteiger partial charge in [0.15, 0.2) is 0 Å². The number of allylic oxidation sites excluding steroid dienone is 4. The summed E-state index contributed by atoms with van der Waals surface area (Å²) in [6.45, 7) is 0. The van der Waals surface area contributed by atoms with E-state index in [2.05, 4.69) is 0 Å². The van der Waals surface area contributed by atoms with Gasteiger partial charge in [0, 0.05) is 0 Å². The van der Waals surface area contributed by atoms with Crippen LogP contribution in [0.2, 0.25) is 0 Å². The SMILES string of the molecule is N#CC1C(F)=CC=CC1F. The first kappa shape index (κ1) is 6.94. The predicted octanol–water partition coefficient (Wildman–Crippen LogP) is 1.89. The molecule has 0 heterocycles. The van der Waals surface area contributed by atoms with Crippen molar-refractivity contribution in [3.05, 3.63) is 24.1 Å². The molecule has 0 spiro atoms. The fourth-order valence-electron chi connectivity index (χ4n) is 0.753. The summed E-state index contributed by atoms with van der Waals surface area (Å²) in [5.74, 6) is -1.93. The van der Waals surface area contributed by atoms with Crippen molar-refractivity contribution >= 4 is 0 Å². The number of rotatable bonds is 0. The second-order valence-corrected chi connectivity index (χ2v) is 1.99. The summed E-state index contributed by atoms with van der Waals surface area (Å²) in [5.41, 5.74) is 0. The van der Waals surface area contributed by atoms with Crippen LogP contribution in [0.1, 0.15) is 0 Å². The Morgan fingerprint density at radius 2 is 2.30 bits per heavy atom.